The van der Waals surface area contributed by atoms with Crippen molar-refractivity contribution >= 4 is 21.5 Å². The molecule has 0 spiro atoms. The van der Waals surface area contributed by atoms with Crippen molar-refractivity contribution in [1.82, 2.24) is 19.6 Å². The summed E-state index contributed by atoms with van der Waals surface area (Å²) in [5.41, 5.74) is -2.69. The Bertz CT molecular complexity index is 983. The number of nitrogens with one attached hydrogen (secondary N) is 1. The highest BCUT2D eigenvalue weighted by Gasteiger charge is 2.36. The number of para-hydroxylation sites is 1. The maximum Gasteiger partial charge on any atom is 0.418 e. The number of rotatable bonds is 3. The standard InChI is InChI=1S/C12H7F4N5O2S/c13-8-4-1-3-7(12(14,15)16)9(8)20-24(22,23)11-18-10-17-5-2-6-21(10)19-11/h1-6,20H. The molecule has 24 heavy (non-hydrogen) atoms. The predicted molar refractivity (Wildman–Crippen MR) is 73.0 cm³/mol. The van der Waals surface area contributed by atoms with Gasteiger partial charge in [0.15, 0.2) is 0 Å². The average molecular weight is 361 g/mol. The topological polar surface area (TPSA) is 89.2 Å². The molecule has 1 aromatic carbocycles. The minimum Gasteiger partial charge on any atom is -0.273 e. The lowest BCUT2D eigenvalue weighted by atomic mass is 10.1. The van der Waals surface area contributed by atoms with Gasteiger partial charge >= 0.3 is 6.18 Å². The van der Waals surface area contributed by atoms with Gasteiger partial charge in [0.2, 0.25) is 0 Å². The van der Waals surface area contributed by atoms with Crippen LogP contribution in [0.1, 0.15) is 5.56 Å². The zero-order chi connectivity index (χ0) is 17.5. The lowest BCUT2D eigenvalue weighted by molar-refractivity contribution is -0.137. The first-order valence-electron chi connectivity index (χ1n) is 6.24. The van der Waals surface area contributed by atoms with Crippen molar-refractivity contribution < 1.29 is 26.0 Å². The lowest BCUT2D eigenvalue weighted by Gasteiger charge is -2.14. The van der Waals surface area contributed by atoms with Gasteiger partial charge in [-0.2, -0.15) is 26.6 Å². The summed E-state index contributed by atoms with van der Waals surface area (Å²) < 4.78 is 79.5. The summed E-state index contributed by atoms with van der Waals surface area (Å²) in [7, 11) is -4.65. The van der Waals surface area contributed by atoms with E-state index in [-0.39, 0.29) is 5.78 Å². The highest BCUT2D eigenvalue weighted by molar-refractivity contribution is 7.92. The zero-order valence-corrected chi connectivity index (χ0v) is 12.3. The van der Waals surface area contributed by atoms with Crippen LogP contribution in [0, 0.1) is 5.82 Å². The van der Waals surface area contributed by atoms with E-state index in [9.17, 15) is 26.0 Å². The monoisotopic (exact) mass is 361 g/mol. The SMILES string of the molecule is O=S(=O)(Nc1c(F)cccc1C(F)(F)F)c1nc2ncccn2n1. The number of halogens is 4. The Morgan fingerprint density at radius 1 is 1.17 bits per heavy atom. The van der Waals surface area contributed by atoms with Crippen molar-refractivity contribution in [2.24, 2.45) is 0 Å². The predicted octanol–water partition coefficient (Wildman–Crippen LogP) is 2.08. The van der Waals surface area contributed by atoms with Crippen LogP contribution >= 0.6 is 0 Å². The highest BCUT2D eigenvalue weighted by Crippen LogP contribution is 2.36. The Hall–Kier alpha value is -2.76. The Kier molecular flexibility index (Phi) is 3.63. The molecule has 3 rings (SSSR count). The highest BCUT2D eigenvalue weighted by atomic mass is 32.2. The molecule has 2 heterocycles. The largest absolute Gasteiger partial charge is 0.418 e. The van der Waals surface area contributed by atoms with Crippen LogP contribution in [0.2, 0.25) is 0 Å². The molecule has 0 fully saturated rings. The van der Waals surface area contributed by atoms with Crippen LogP contribution in [-0.2, 0) is 16.2 Å². The Morgan fingerprint density at radius 2 is 1.92 bits per heavy atom. The van der Waals surface area contributed by atoms with Crippen LogP contribution in [0.3, 0.4) is 0 Å². The van der Waals surface area contributed by atoms with Crippen LogP contribution < -0.4 is 4.72 Å². The van der Waals surface area contributed by atoms with Crippen LogP contribution in [0.4, 0.5) is 23.2 Å². The minimum absolute atomic E-state index is 0.0811. The number of hydrogen-bond donors (Lipinski definition) is 1. The van der Waals surface area contributed by atoms with Gasteiger partial charge in [-0.1, -0.05) is 6.07 Å². The fourth-order valence-electron chi connectivity index (χ4n) is 1.87. The van der Waals surface area contributed by atoms with Gasteiger partial charge < -0.3 is 0 Å². The van der Waals surface area contributed by atoms with E-state index in [0.717, 1.165) is 10.6 Å². The maximum atomic E-state index is 13.7. The number of fused-ring (bicyclic) bond motifs is 1. The molecule has 0 aliphatic rings. The van der Waals surface area contributed by atoms with Crippen LogP contribution in [-0.4, -0.2) is 28.0 Å². The fraction of sp³-hybridized carbons (Fsp3) is 0.0833. The molecule has 0 amide bonds. The molecule has 0 aliphatic heterocycles. The quantitative estimate of drug-likeness (QED) is 0.722. The number of nitrogens with zero attached hydrogens (tertiary/aromatic N) is 4. The van der Waals surface area contributed by atoms with Crippen molar-refractivity contribution in [3.63, 3.8) is 0 Å². The van der Waals surface area contributed by atoms with Gasteiger partial charge in [0.05, 0.1) is 11.3 Å². The molecule has 0 aliphatic carbocycles. The summed E-state index contributed by atoms with van der Waals surface area (Å²) in [5, 5.41) is 2.76. The van der Waals surface area contributed by atoms with Crippen molar-refractivity contribution in [3.8, 4) is 0 Å². The molecule has 126 valence electrons. The van der Waals surface area contributed by atoms with Gasteiger partial charge in [0.1, 0.15) is 5.82 Å². The molecule has 0 bridgehead atoms. The molecule has 2 aromatic heterocycles. The normalized spacial score (nSPS) is 12.5. The smallest absolute Gasteiger partial charge is 0.273 e. The van der Waals surface area contributed by atoms with Crippen molar-refractivity contribution in [3.05, 3.63) is 48.0 Å². The number of benzene rings is 1. The molecule has 1 N–H and O–H groups in total. The van der Waals surface area contributed by atoms with E-state index < -0.39 is 38.4 Å². The van der Waals surface area contributed by atoms with E-state index in [1.54, 1.807) is 4.72 Å². The van der Waals surface area contributed by atoms with Crippen molar-refractivity contribution in [1.29, 1.82) is 0 Å². The van der Waals surface area contributed by atoms with Crippen LogP contribution in [0.15, 0.2) is 41.8 Å². The number of anilines is 1. The third-order valence-electron chi connectivity index (χ3n) is 2.89. The molecule has 0 saturated carbocycles. The van der Waals surface area contributed by atoms with Crippen molar-refractivity contribution in [2.75, 3.05) is 4.72 Å². The van der Waals surface area contributed by atoms with E-state index in [0.29, 0.717) is 12.1 Å². The van der Waals surface area contributed by atoms with Gasteiger partial charge in [-0.25, -0.2) is 13.9 Å². The van der Waals surface area contributed by atoms with Crippen molar-refractivity contribution in [2.45, 2.75) is 11.3 Å². The number of aromatic nitrogens is 4. The van der Waals surface area contributed by atoms with Gasteiger partial charge in [-0.05, 0) is 18.2 Å². The maximum absolute atomic E-state index is 13.7. The van der Waals surface area contributed by atoms with E-state index in [2.05, 4.69) is 15.1 Å². The molecule has 0 atom stereocenters. The Morgan fingerprint density at radius 3 is 2.58 bits per heavy atom. The summed E-state index contributed by atoms with van der Waals surface area (Å²) in [5.74, 6) is -1.46. The number of hydrogen-bond acceptors (Lipinski definition) is 5. The third-order valence-corrected chi connectivity index (χ3v) is 4.02. The molecule has 12 heteroatoms. The fourth-order valence-corrected chi connectivity index (χ4v) is 2.84. The molecule has 0 radical (unpaired) electrons. The molecular weight excluding hydrogens is 354 g/mol. The second-order valence-corrected chi connectivity index (χ2v) is 6.10. The second-order valence-electron chi connectivity index (χ2n) is 4.52. The van der Waals surface area contributed by atoms with Gasteiger partial charge in [0, 0.05) is 12.4 Å². The Balaban J connectivity index is 2.07. The van der Waals surface area contributed by atoms with E-state index >= 15 is 0 Å². The second kappa shape index (κ2) is 5.40. The summed E-state index contributed by atoms with van der Waals surface area (Å²) in [4.78, 5) is 7.33. The summed E-state index contributed by atoms with van der Waals surface area (Å²) in [6, 6.07) is 3.53. The molecule has 3 aromatic rings. The lowest BCUT2D eigenvalue weighted by Crippen LogP contribution is -2.19. The molecule has 0 saturated heterocycles. The van der Waals surface area contributed by atoms with Crippen LogP contribution in [0.5, 0.6) is 0 Å². The summed E-state index contributed by atoms with van der Waals surface area (Å²) >= 11 is 0. The summed E-state index contributed by atoms with van der Waals surface area (Å²) in [6.07, 6.45) is -2.28. The van der Waals surface area contributed by atoms with Crippen LogP contribution in [0.25, 0.3) is 5.78 Å². The average Bonchev–Trinajstić information content (AvgIpc) is 2.93. The van der Waals surface area contributed by atoms with E-state index in [1.165, 1.54) is 18.5 Å². The van der Waals surface area contributed by atoms with Gasteiger partial charge in [0.25, 0.3) is 21.0 Å². The first kappa shape index (κ1) is 16.1. The first-order chi connectivity index (χ1) is 11.2. The van der Waals surface area contributed by atoms with Gasteiger partial charge in [-0.15, -0.1) is 5.10 Å². The minimum atomic E-state index is -4.95. The molecular formula is C12H7F4N5O2S. The van der Waals surface area contributed by atoms with E-state index in [4.69, 9.17) is 0 Å². The Labute approximate surface area is 132 Å². The number of sulfonamides is 1. The zero-order valence-electron chi connectivity index (χ0n) is 11.5. The number of alkyl halides is 3. The third kappa shape index (κ3) is 2.87. The molecule has 0 unspecified atom stereocenters. The van der Waals surface area contributed by atoms with Gasteiger partial charge in [-0.3, -0.25) is 4.72 Å². The van der Waals surface area contributed by atoms with E-state index in [1.807, 2.05) is 0 Å². The molecule has 7 nitrogen and oxygen atoms in total. The first-order valence-corrected chi connectivity index (χ1v) is 7.73. The summed E-state index contributed by atoms with van der Waals surface area (Å²) in [6.45, 7) is 0.